The summed E-state index contributed by atoms with van der Waals surface area (Å²) in [6.07, 6.45) is 7.07. The third-order valence-corrected chi connectivity index (χ3v) is 6.51. The third-order valence-electron chi connectivity index (χ3n) is 4.06. The summed E-state index contributed by atoms with van der Waals surface area (Å²) in [7, 11) is -1.14. The second kappa shape index (κ2) is 5.67. The zero-order valence-electron chi connectivity index (χ0n) is 10.7. The first-order chi connectivity index (χ1) is 8.16. The van der Waals surface area contributed by atoms with Gasteiger partial charge in [-0.25, -0.2) is 8.42 Å². The molecule has 1 unspecified atom stereocenters. The lowest BCUT2D eigenvalue weighted by Crippen LogP contribution is -2.50. The lowest BCUT2D eigenvalue weighted by molar-refractivity contribution is 0.246. The summed E-state index contributed by atoms with van der Waals surface area (Å²) in [6, 6.07) is 0.180. The molecule has 2 aliphatic rings. The van der Waals surface area contributed by atoms with E-state index in [9.17, 15) is 8.42 Å². The molecule has 1 saturated carbocycles. The molecule has 0 bridgehead atoms. The maximum atomic E-state index is 12.6. The van der Waals surface area contributed by atoms with Crippen molar-refractivity contribution in [2.45, 2.75) is 56.2 Å². The van der Waals surface area contributed by atoms with Crippen LogP contribution < -0.4 is 5.32 Å². The van der Waals surface area contributed by atoms with Crippen LogP contribution in [0.3, 0.4) is 0 Å². The molecule has 0 aromatic carbocycles. The van der Waals surface area contributed by atoms with E-state index in [0.29, 0.717) is 0 Å². The zero-order valence-corrected chi connectivity index (χ0v) is 11.5. The summed E-state index contributed by atoms with van der Waals surface area (Å²) in [5.41, 5.74) is 0. The van der Waals surface area contributed by atoms with Crippen LogP contribution in [0.1, 0.15) is 44.9 Å². The summed E-state index contributed by atoms with van der Waals surface area (Å²) < 4.78 is 26.9. The van der Waals surface area contributed by atoms with Gasteiger partial charge < -0.3 is 5.32 Å². The van der Waals surface area contributed by atoms with Gasteiger partial charge in [0.1, 0.15) is 0 Å². The van der Waals surface area contributed by atoms with Crippen molar-refractivity contribution in [1.29, 1.82) is 0 Å². The molecule has 0 amide bonds. The van der Waals surface area contributed by atoms with E-state index < -0.39 is 10.0 Å². The Balaban J connectivity index is 2.11. The van der Waals surface area contributed by atoms with E-state index in [-0.39, 0.29) is 11.3 Å². The van der Waals surface area contributed by atoms with Gasteiger partial charge in [0.15, 0.2) is 0 Å². The van der Waals surface area contributed by atoms with Gasteiger partial charge >= 0.3 is 0 Å². The van der Waals surface area contributed by atoms with Crippen molar-refractivity contribution < 1.29 is 8.42 Å². The number of hydrogen-bond acceptors (Lipinski definition) is 3. The van der Waals surface area contributed by atoms with E-state index in [1.165, 1.54) is 0 Å². The van der Waals surface area contributed by atoms with Gasteiger partial charge in [0, 0.05) is 19.1 Å². The highest BCUT2D eigenvalue weighted by Gasteiger charge is 2.38. The van der Waals surface area contributed by atoms with Crippen molar-refractivity contribution in [3.8, 4) is 0 Å². The fourth-order valence-corrected chi connectivity index (χ4v) is 5.42. The Morgan fingerprint density at radius 1 is 1.12 bits per heavy atom. The van der Waals surface area contributed by atoms with Crippen LogP contribution in [-0.2, 0) is 10.0 Å². The number of hydrogen-bond donors (Lipinski definition) is 1. The highest BCUT2D eigenvalue weighted by molar-refractivity contribution is 7.89. The number of piperidine rings is 1. The Kier molecular flexibility index (Phi) is 4.44. The van der Waals surface area contributed by atoms with E-state index in [4.69, 9.17) is 0 Å². The molecule has 1 heterocycles. The second-order valence-corrected chi connectivity index (χ2v) is 7.44. The third kappa shape index (κ3) is 2.83. The first-order valence-corrected chi connectivity index (χ1v) is 8.32. The minimum atomic E-state index is -3.04. The topological polar surface area (TPSA) is 49.4 Å². The van der Waals surface area contributed by atoms with Crippen LogP contribution in [0.15, 0.2) is 0 Å². The van der Waals surface area contributed by atoms with Crippen LogP contribution in [0.4, 0.5) is 0 Å². The van der Waals surface area contributed by atoms with Gasteiger partial charge in [0.05, 0.1) is 5.25 Å². The molecule has 1 N–H and O–H groups in total. The van der Waals surface area contributed by atoms with Gasteiger partial charge in [-0.1, -0.05) is 19.3 Å². The summed E-state index contributed by atoms with van der Waals surface area (Å²) in [6.45, 7) is 1.51. The van der Waals surface area contributed by atoms with Crippen molar-refractivity contribution in [2.75, 3.05) is 20.1 Å². The van der Waals surface area contributed by atoms with Crippen molar-refractivity contribution in [3.05, 3.63) is 0 Å². The van der Waals surface area contributed by atoms with Gasteiger partial charge in [-0.15, -0.1) is 0 Å². The van der Waals surface area contributed by atoms with Crippen molar-refractivity contribution in [3.63, 3.8) is 0 Å². The number of nitrogens with zero attached hydrogens (tertiary/aromatic N) is 1. The smallest absolute Gasteiger partial charge is 0.217 e. The molecule has 17 heavy (non-hydrogen) atoms. The highest BCUT2D eigenvalue weighted by Crippen LogP contribution is 2.30. The molecule has 1 atom stereocenters. The normalized spacial score (nSPS) is 28.6. The van der Waals surface area contributed by atoms with Crippen LogP contribution >= 0.6 is 0 Å². The molecular formula is C12H24N2O2S. The Morgan fingerprint density at radius 2 is 1.76 bits per heavy atom. The standard InChI is InChI=1S/C12H24N2O2S/c1-13-10-11-6-4-5-9-14(11)17(15,16)12-7-2-3-8-12/h11-13H,2-10H2,1H3. The number of sulfonamides is 1. The average molecular weight is 260 g/mol. The molecule has 1 aliphatic carbocycles. The van der Waals surface area contributed by atoms with Gasteiger partial charge in [-0.05, 0) is 32.7 Å². The molecule has 2 fully saturated rings. The predicted molar refractivity (Wildman–Crippen MR) is 69.4 cm³/mol. The summed E-state index contributed by atoms with van der Waals surface area (Å²) in [5, 5.41) is 3.03. The van der Waals surface area contributed by atoms with E-state index >= 15 is 0 Å². The van der Waals surface area contributed by atoms with E-state index in [1.807, 2.05) is 7.05 Å². The van der Waals surface area contributed by atoms with Crippen molar-refractivity contribution in [2.24, 2.45) is 0 Å². The Hall–Kier alpha value is -0.130. The minimum Gasteiger partial charge on any atom is -0.318 e. The molecule has 0 spiro atoms. The van der Waals surface area contributed by atoms with Crippen LogP contribution in [0, 0.1) is 0 Å². The Labute approximate surface area is 105 Å². The van der Waals surface area contributed by atoms with E-state index in [1.54, 1.807) is 4.31 Å². The Bertz CT molecular complexity index is 334. The van der Waals surface area contributed by atoms with Crippen LogP contribution in [0.5, 0.6) is 0 Å². The lowest BCUT2D eigenvalue weighted by atomic mass is 10.1. The fraction of sp³-hybridized carbons (Fsp3) is 1.00. The molecule has 2 rings (SSSR count). The monoisotopic (exact) mass is 260 g/mol. The molecule has 1 saturated heterocycles. The lowest BCUT2D eigenvalue weighted by Gasteiger charge is -2.36. The highest BCUT2D eigenvalue weighted by atomic mass is 32.2. The zero-order chi connectivity index (χ0) is 12.3. The summed E-state index contributed by atoms with van der Waals surface area (Å²) in [4.78, 5) is 0. The number of likely N-dealkylation sites (N-methyl/N-ethyl adjacent to an activating group) is 1. The fourth-order valence-electron chi connectivity index (χ4n) is 3.13. The first-order valence-electron chi connectivity index (χ1n) is 6.81. The maximum Gasteiger partial charge on any atom is 0.217 e. The van der Waals surface area contributed by atoms with Gasteiger partial charge in [0.25, 0.3) is 0 Å². The van der Waals surface area contributed by atoms with Crippen LogP contribution in [-0.4, -0.2) is 44.2 Å². The SMILES string of the molecule is CNCC1CCCCN1S(=O)(=O)C1CCCC1. The molecule has 100 valence electrons. The molecule has 0 radical (unpaired) electrons. The quantitative estimate of drug-likeness (QED) is 0.829. The van der Waals surface area contributed by atoms with Gasteiger partial charge in [0.2, 0.25) is 10.0 Å². The molecule has 1 aliphatic heterocycles. The van der Waals surface area contributed by atoms with Crippen LogP contribution in [0.2, 0.25) is 0 Å². The minimum absolute atomic E-state index is 0.0973. The van der Waals surface area contributed by atoms with Crippen molar-refractivity contribution >= 4 is 10.0 Å². The number of nitrogens with one attached hydrogen (secondary N) is 1. The average Bonchev–Trinajstić information content (AvgIpc) is 2.84. The van der Waals surface area contributed by atoms with Crippen LogP contribution in [0.25, 0.3) is 0 Å². The number of rotatable bonds is 4. The molecule has 0 aromatic rings. The van der Waals surface area contributed by atoms with Gasteiger partial charge in [-0.2, -0.15) is 4.31 Å². The summed E-state index contributed by atoms with van der Waals surface area (Å²) >= 11 is 0. The predicted octanol–water partition coefficient (Wildman–Crippen LogP) is 1.33. The van der Waals surface area contributed by atoms with E-state index in [2.05, 4.69) is 5.32 Å². The maximum absolute atomic E-state index is 12.6. The molecule has 5 heteroatoms. The Morgan fingerprint density at radius 3 is 2.41 bits per heavy atom. The first kappa shape index (κ1) is 13.3. The molecule has 4 nitrogen and oxygen atoms in total. The van der Waals surface area contributed by atoms with Gasteiger partial charge in [-0.3, -0.25) is 0 Å². The molecular weight excluding hydrogens is 236 g/mol. The largest absolute Gasteiger partial charge is 0.318 e. The van der Waals surface area contributed by atoms with Crippen molar-refractivity contribution in [1.82, 2.24) is 9.62 Å². The molecule has 0 aromatic heterocycles. The van der Waals surface area contributed by atoms with E-state index in [0.717, 1.165) is 58.0 Å². The second-order valence-electron chi connectivity index (χ2n) is 5.27. The summed E-state index contributed by atoms with van der Waals surface area (Å²) in [5.74, 6) is 0.